The molecule has 1 aromatic carbocycles. The smallest absolute Gasteiger partial charge is 0.410 e. The summed E-state index contributed by atoms with van der Waals surface area (Å²) in [6.07, 6.45) is 2.47. The van der Waals surface area contributed by atoms with E-state index in [4.69, 9.17) is 9.84 Å². The van der Waals surface area contributed by atoms with Crippen molar-refractivity contribution in [3.8, 4) is 17.0 Å². The molecule has 0 unspecified atom stereocenters. The van der Waals surface area contributed by atoms with E-state index in [0.717, 1.165) is 16.9 Å². The normalized spacial score (nSPS) is 10.5. The minimum atomic E-state index is -1.12. The summed E-state index contributed by atoms with van der Waals surface area (Å²) in [6.45, 7) is 0.633. The van der Waals surface area contributed by atoms with Crippen LogP contribution < -0.4 is 10.1 Å². The molecule has 0 fully saturated rings. The predicted octanol–water partition coefficient (Wildman–Crippen LogP) is 3.15. The Morgan fingerprint density at radius 2 is 2.17 bits per heavy atom. The number of nitrogens with one attached hydrogen (secondary N) is 1. The molecule has 3 rings (SSSR count). The van der Waals surface area contributed by atoms with Crippen LogP contribution in [0.25, 0.3) is 11.3 Å². The number of nitrogens with zero attached hydrogens (tertiary/aromatic N) is 3. The maximum absolute atomic E-state index is 10.6. The maximum atomic E-state index is 10.6. The van der Waals surface area contributed by atoms with Gasteiger partial charge in [0.05, 0.1) is 25.5 Å². The lowest BCUT2D eigenvalue weighted by molar-refractivity contribution is 0.209. The summed E-state index contributed by atoms with van der Waals surface area (Å²) in [5, 5.41) is 17.4. The van der Waals surface area contributed by atoms with Gasteiger partial charge >= 0.3 is 6.09 Å². The van der Waals surface area contributed by atoms with Gasteiger partial charge in [-0.3, -0.25) is 10.00 Å². The molecule has 2 aromatic heterocycles. The van der Waals surface area contributed by atoms with Crippen LogP contribution in [0.4, 0.5) is 9.93 Å². The zero-order chi connectivity index (χ0) is 16.2. The fourth-order valence-electron chi connectivity index (χ4n) is 2.06. The second-order valence-corrected chi connectivity index (χ2v) is 5.60. The highest BCUT2D eigenvalue weighted by Crippen LogP contribution is 2.24. The Morgan fingerprint density at radius 1 is 1.39 bits per heavy atom. The van der Waals surface area contributed by atoms with Gasteiger partial charge < -0.3 is 9.84 Å². The molecule has 2 heterocycles. The number of benzene rings is 1. The summed E-state index contributed by atoms with van der Waals surface area (Å²) in [6, 6.07) is 7.78. The molecule has 0 bridgehead atoms. The number of aromatic nitrogens is 3. The summed E-state index contributed by atoms with van der Waals surface area (Å²) in [7, 11) is 1.64. The van der Waals surface area contributed by atoms with Crippen LogP contribution in [-0.4, -0.2) is 33.1 Å². The molecule has 23 heavy (non-hydrogen) atoms. The van der Waals surface area contributed by atoms with Crippen LogP contribution in [0.15, 0.2) is 42.0 Å². The number of methoxy groups -OCH3 is 1. The zero-order valence-electron chi connectivity index (χ0n) is 12.3. The van der Waals surface area contributed by atoms with Crippen molar-refractivity contribution < 1.29 is 14.6 Å². The molecule has 0 aliphatic carbocycles. The summed E-state index contributed by atoms with van der Waals surface area (Å²) in [5.41, 5.74) is 2.64. The average Bonchev–Trinajstić information content (AvgIpc) is 3.17. The monoisotopic (exact) mass is 330 g/mol. The molecule has 0 spiro atoms. The molecule has 0 atom stereocenters. The van der Waals surface area contributed by atoms with E-state index in [1.807, 2.05) is 30.5 Å². The lowest BCUT2D eigenvalue weighted by Gasteiger charge is -2.03. The molecule has 0 radical (unpaired) electrons. The standard InChI is InChI=1S/C15H14N4O3S/c1-22-12-4-2-10(3-5-12)7-19-8-11(6-16-19)13-9-23-14(17-13)18-15(20)21/h2-6,8-9H,7H2,1H3,(H,17,18)(H,20,21). The Hall–Kier alpha value is -2.87. The number of ether oxygens (including phenoxy) is 1. The lowest BCUT2D eigenvalue weighted by atomic mass is 10.2. The van der Waals surface area contributed by atoms with E-state index in [1.54, 1.807) is 23.4 Å². The largest absolute Gasteiger partial charge is 0.497 e. The van der Waals surface area contributed by atoms with E-state index in [-0.39, 0.29) is 0 Å². The number of carbonyl (C=O) groups is 1. The number of anilines is 1. The summed E-state index contributed by atoms with van der Waals surface area (Å²) >= 11 is 1.24. The third-order valence-electron chi connectivity index (χ3n) is 3.15. The Bertz CT molecular complexity index is 810. The van der Waals surface area contributed by atoms with Gasteiger partial charge in [0.15, 0.2) is 5.13 Å². The first kappa shape index (κ1) is 15.0. The van der Waals surface area contributed by atoms with Gasteiger partial charge in [-0.2, -0.15) is 5.10 Å². The van der Waals surface area contributed by atoms with Crippen molar-refractivity contribution in [2.24, 2.45) is 0 Å². The quantitative estimate of drug-likeness (QED) is 0.750. The maximum Gasteiger partial charge on any atom is 0.410 e. The van der Waals surface area contributed by atoms with Crippen LogP contribution in [0, 0.1) is 0 Å². The van der Waals surface area contributed by atoms with Crippen LogP contribution in [0.1, 0.15) is 5.56 Å². The van der Waals surface area contributed by atoms with Crippen molar-refractivity contribution in [2.45, 2.75) is 6.54 Å². The minimum Gasteiger partial charge on any atom is -0.497 e. The Balaban J connectivity index is 1.72. The van der Waals surface area contributed by atoms with Gasteiger partial charge in [-0.15, -0.1) is 11.3 Å². The first-order chi connectivity index (χ1) is 11.1. The summed E-state index contributed by atoms with van der Waals surface area (Å²) in [5.74, 6) is 0.816. The molecule has 0 saturated carbocycles. The molecule has 0 saturated heterocycles. The predicted molar refractivity (Wildman–Crippen MR) is 87.1 cm³/mol. The van der Waals surface area contributed by atoms with Crippen LogP contribution in [0.2, 0.25) is 0 Å². The molecule has 1 amide bonds. The zero-order valence-corrected chi connectivity index (χ0v) is 13.1. The second kappa shape index (κ2) is 6.49. The fraction of sp³-hybridized carbons (Fsp3) is 0.133. The van der Waals surface area contributed by atoms with Crippen molar-refractivity contribution >= 4 is 22.6 Å². The first-order valence-corrected chi connectivity index (χ1v) is 7.63. The average molecular weight is 330 g/mol. The number of hydrogen-bond donors (Lipinski definition) is 2. The molecule has 118 valence electrons. The Kier molecular flexibility index (Phi) is 4.24. The van der Waals surface area contributed by atoms with Gasteiger partial charge in [0.25, 0.3) is 0 Å². The highest BCUT2D eigenvalue weighted by Gasteiger charge is 2.09. The second-order valence-electron chi connectivity index (χ2n) is 4.74. The van der Waals surface area contributed by atoms with Gasteiger partial charge in [-0.05, 0) is 17.7 Å². The highest BCUT2D eigenvalue weighted by molar-refractivity contribution is 7.14. The molecule has 0 aliphatic rings. The number of thiazole rings is 1. The van der Waals surface area contributed by atoms with Gasteiger partial charge in [0.2, 0.25) is 0 Å². The topological polar surface area (TPSA) is 89.3 Å². The fourth-order valence-corrected chi connectivity index (χ4v) is 2.76. The van der Waals surface area contributed by atoms with Crippen LogP contribution >= 0.6 is 11.3 Å². The SMILES string of the molecule is COc1ccc(Cn2cc(-c3csc(NC(=O)O)n3)cn2)cc1. The number of amides is 1. The van der Waals surface area contributed by atoms with Crippen molar-refractivity contribution in [2.75, 3.05) is 12.4 Å². The molecule has 7 nitrogen and oxygen atoms in total. The van der Waals surface area contributed by atoms with Crippen molar-refractivity contribution in [3.63, 3.8) is 0 Å². The van der Waals surface area contributed by atoms with E-state index >= 15 is 0 Å². The van der Waals surface area contributed by atoms with Crippen molar-refractivity contribution in [3.05, 3.63) is 47.6 Å². The highest BCUT2D eigenvalue weighted by atomic mass is 32.1. The van der Waals surface area contributed by atoms with Gasteiger partial charge in [-0.25, -0.2) is 9.78 Å². The summed E-state index contributed by atoms with van der Waals surface area (Å²) in [4.78, 5) is 14.8. The van der Waals surface area contributed by atoms with Crippen LogP contribution in [0.5, 0.6) is 5.75 Å². The minimum absolute atomic E-state index is 0.343. The van der Waals surface area contributed by atoms with E-state index in [0.29, 0.717) is 17.4 Å². The number of carboxylic acid groups (broad SMARTS) is 1. The van der Waals surface area contributed by atoms with E-state index in [9.17, 15) is 4.79 Å². The van der Waals surface area contributed by atoms with Crippen molar-refractivity contribution in [1.82, 2.24) is 14.8 Å². The van der Waals surface area contributed by atoms with E-state index in [2.05, 4.69) is 15.4 Å². The van der Waals surface area contributed by atoms with Crippen LogP contribution in [-0.2, 0) is 6.54 Å². The van der Waals surface area contributed by atoms with Gasteiger partial charge in [0.1, 0.15) is 5.75 Å². The van der Waals surface area contributed by atoms with Gasteiger partial charge in [0, 0.05) is 17.1 Å². The van der Waals surface area contributed by atoms with Crippen molar-refractivity contribution in [1.29, 1.82) is 0 Å². The molecule has 2 N–H and O–H groups in total. The van der Waals surface area contributed by atoms with E-state index in [1.165, 1.54) is 11.3 Å². The molecular weight excluding hydrogens is 316 g/mol. The Labute approximate surface area is 136 Å². The van der Waals surface area contributed by atoms with Crippen LogP contribution in [0.3, 0.4) is 0 Å². The molecule has 0 aliphatic heterocycles. The lowest BCUT2D eigenvalue weighted by Crippen LogP contribution is -2.06. The third kappa shape index (κ3) is 3.67. The Morgan fingerprint density at radius 3 is 2.87 bits per heavy atom. The third-order valence-corrected chi connectivity index (χ3v) is 3.91. The van der Waals surface area contributed by atoms with E-state index < -0.39 is 6.09 Å². The first-order valence-electron chi connectivity index (χ1n) is 6.75. The summed E-state index contributed by atoms with van der Waals surface area (Å²) < 4.78 is 6.94. The molecular formula is C15H14N4O3S. The number of rotatable bonds is 5. The molecule has 3 aromatic rings. The van der Waals surface area contributed by atoms with Gasteiger partial charge in [-0.1, -0.05) is 12.1 Å². The molecule has 8 heteroatoms. The number of hydrogen-bond acceptors (Lipinski definition) is 5.